The number of para-hydroxylation sites is 1. The topological polar surface area (TPSA) is 84.0 Å². The number of nitrogens with zero attached hydrogens (tertiary/aromatic N) is 2. The number of aromatic nitrogens is 1. The number of nitrogens with one attached hydrogen (secondary N) is 1. The van der Waals surface area contributed by atoms with E-state index in [9.17, 15) is 9.59 Å². The number of rotatable bonds is 6. The maximum absolute atomic E-state index is 12.5. The van der Waals surface area contributed by atoms with Crippen molar-refractivity contribution in [3.63, 3.8) is 0 Å². The zero-order valence-corrected chi connectivity index (χ0v) is 16.9. The lowest BCUT2D eigenvalue weighted by atomic mass is 9.94. The van der Waals surface area contributed by atoms with Gasteiger partial charge in [0.1, 0.15) is 6.61 Å². The number of ether oxygens (including phenoxy) is 2. The average Bonchev–Trinajstić information content (AvgIpc) is 3.37. The van der Waals surface area contributed by atoms with Crippen LogP contribution in [0.2, 0.25) is 0 Å². The summed E-state index contributed by atoms with van der Waals surface area (Å²) in [5, 5.41) is 1.04. The molecule has 2 heterocycles. The molecule has 4 rings (SSSR count). The van der Waals surface area contributed by atoms with Crippen LogP contribution in [0.25, 0.3) is 10.9 Å². The summed E-state index contributed by atoms with van der Waals surface area (Å²) < 4.78 is 11.3. The van der Waals surface area contributed by atoms with Gasteiger partial charge in [0.2, 0.25) is 0 Å². The fourth-order valence-corrected chi connectivity index (χ4v) is 3.49. The van der Waals surface area contributed by atoms with E-state index in [1.54, 1.807) is 0 Å². The molecule has 1 aliphatic heterocycles. The minimum Gasteiger partial charge on any atom is -0.450 e. The molecule has 0 bridgehead atoms. The molecule has 0 fully saturated rings. The smallest absolute Gasteiger partial charge is 0.302 e. The van der Waals surface area contributed by atoms with Crippen molar-refractivity contribution in [2.45, 2.75) is 25.6 Å². The Labute approximate surface area is 174 Å². The van der Waals surface area contributed by atoms with Crippen molar-refractivity contribution < 1.29 is 19.1 Å². The Morgan fingerprint density at radius 1 is 1.20 bits per heavy atom. The lowest BCUT2D eigenvalue weighted by Gasteiger charge is -2.20. The van der Waals surface area contributed by atoms with Crippen LogP contribution in [0.15, 0.2) is 65.8 Å². The van der Waals surface area contributed by atoms with Crippen LogP contribution in [-0.2, 0) is 25.7 Å². The van der Waals surface area contributed by atoms with Crippen LogP contribution < -0.4 is 0 Å². The molecule has 3 aromatic rings. The van der Waals surface area contributed by atoms with E-state index in [-0.39, 0.29) is 24.5 Å². The number of H-pyrrole nitrogens is 1. The van der Waals surface area contributed by atoms with Gasteiger partial charge in [0.05, 0.1) is 6.61 Å². The fraction of sp³-hybridized carbons (Fsp3) is 0.261. The van der Waals surface area contributed by atoms with Crippen LogP contribution in [-0.4, -0.2) is 47.5 Å². The van der Waals surface area contributed by atoms with Gasteiger partial charge in [0.25, 0.3) is 11.8 Å². The van der Waals surface area contributed by atoms with E-state index in [2.05, 4.69) is 9.98 Å². The molecule has 0 saturated carbocycles. The number of amidine groups is 1. The van der Waals surface area contributed by atoms with Crippen molar-refractivity contribution in [2.24, 2.45) is 4.99 Å². The second-order valence-corrected chi connectivity index (χ2v) is 7.28. The van der Waals surface area contributed by atoms with Crippen LogP contribution in [0.5, 0.6) is 0 Å². The van der Waals surface area contributed by atoms with E-state index in [1.165, 1.54) is 11.9 Å². The molecule has 1 N–H and O–H groups in total. The summed E-state index contributed by atoms with van der Waals surface area (Å²) >= 11 is 0. The van der Waals surface area contributed by atoms with E-state index in [0.717, 1.165) is 22.0 Å². The highest BCUT2D eigenvalue weighted by molar-refractivity contribution is 6.05. The van der Waals surface area contributed by atoms with E-state index in [1.807, 2.05) is 67.7 Å². The summed E-state index contributed by atoms with van der Waals surface area (Å²) in [6, 6.07) is 17.5. The SMILES string of the molecule is C[C@H](c1c[nH]c2ccccc12)[C@@H]1OC(N(C)C(=O)COCc2ccccc2)=NC1=O. The fourth-order valence-electron chi connectivity index (χ4n) is 3.49. The third-order valence-electron chi connectivity index (χ3n) is 5.25. The number of fused-ring (bicyclic) bond motifs is 1. The van der Waals surface area contributed by atoms with Gasteiger partial charge in [0.15, 0.2) is 6.10 Å². The van der Waals surface area contributed by atoms with Gasteiger partial charge < -0.3 is 14.5 Å². The first kappa shape index (κ1) is 19.8. The lowest BCUT2D eigenvalue weighted by molar-refractivity contribution is -0.133. The molecule has 1 aliphatic rings. The summed E-state index contributed by atoms with van der Waals surface area (Å²) in [6.45, 7) is 2.11. The van der Waals surface area contributed by atoms with Gasteiger partial charge >= 0.3 is 6.02 Å². The standard InChI is InChI=1S/C23H23N3O4/c1-15(18-12-24-19-11-7-6-10-17(18)19)21-22(28)25-23(30-21)26(2)20(27)14-29-13-16-8-4-3-5-9-16/h3-12,15,21,24H,13-14H2,1-2H3/t15-,21+/m1/s1. The second kappa shape index (κ2) is 8.51. The number of aliphatic imine (C=N–C) groups is 1. The number of amides is 2. The van der Waals surface area contributed by atoms with Crippen molar-refractivity contribution in [1.29, 1.82) is 0 Å². The highest BCUT2D eigenvalue weighted by Crippen LogP contribution is 2.31. The van der Waals surface area contributed by atoms with Gasteiger partial charge in [-0.05, 0) is 17.2 Å². The summed E-state index contributed by atoms with van der Waals surface area (Å²) in [4.78, 5) is 33.3. The van der Waals surface area contributed by atoms with Crippen molar-refractivity contribution in [3.8, 4) is 0 Å². The number of hydrogen-bond acceptors (Lipinski definition) is 4. The van der Waals surface area contributed by atoms with Gasteiger partial charge in [-0.1, -0.05) is 55.5 Å². The predicted octanol–water partition coefficient (Wildman–Crippen LogP) is 3.23. The van der Waals surface area contributed by atoms with Crippen molar-refractivity contribution in [1.82, 2.24) is 9.88 Å². The quantitative estimate of drug-likeness (QED) is 0.682. The zero-order chi connectivity index (χ0) is 21.1. The molecule has 7 heteroatoms. The number of likely N-dealkylation sites (N-methyl/N-ethyl adjacent to an activating group) is 1. The summed E-state index contributed by atoms with van der Waals surface area (Å²) in [7, 11) is 1.53. The molecular weight excluding hydrogens is 382 g/mol. The molecule has 2 atom stereocenters. The monoisotopic (exact) mass is 405 g/mol. The summed E-state index contributed by atoms with van der Waals surface area (Å²) in [5.41, 5.74) is 2.94. The van der Waals surface area contributed by atoms with E-state index in [4.69, 9.17) is 9.47 Å². The van der Waals surface area contributed by atoms with Crippen molar-refractivity contribution in [2.75, 3.05) is 13.7 Å². The Kier molecular flexibility index (Phi) is 5.63. The number of hydrogen-bond donors (Lipinski definition) is 1. The highest BCUT2D eigenvalue weighted by atomic mass is 16.5. The van der Waals surface area contributed by atoms with E-state index in [0.29, 0.717) is 6.61 Å². The Morgan fingerprint density at radius 2 is 1.93 bits per heavy atom. The third kappa shape index (κ3) is 3.97. The number of carbonyl (C=O) groups is 2. The van der Waals surface area contributed by atoms with Crippen LogP contribution in [0.4, 0.5) is 0 Å². The second-order valence-electron chi connectivity index (χ2n) is 7.28. The van der Waals surface area contributed by atoms with Gasteiger partial charge in [-0.3, -0.25) is 14.5 Å². The Morgan fingerprint density at radius 3 is 2.73 bits per heavy atom. The maximum atomic E-state index is 12.5. The zero-order valence-electron chi connectivity index (χ0n) is 16.9. The normalized spacial score (nSPS) is 16.9. The van der Waals surface area contributed by atoms with Gasteiger partial charge in [-0.2, -0.15) is 4.99 Å². The Bertz CT molecular complexity index is 1090. The molecule has 7 nitrogen and oxygen atoms in total. The van der Waals surface area contributed by atoms with Gasteiger partial charge in [-0.25, -0.2) is 0 Å². The molecule has 2 amide bonds. The molecule has 0 aliphatic carbocycles. The first-order chi connectivity index (χ1) is 14.5. The number of carbonyl (C=O) groups excluding carboxylic acids is 2. The van der Waals surface area contributed by atoms with Gasteiger partial charge in [-0.15, -0.1) is 0 Å². The molecule has 0 radical (unpaired) electrons. The average molecular weight is 405 g/mol. The van der Waals surface area contributed by atoms with Crippen LogP contribution in [0, 0.1) is 0 Å². The minimum atomic E-state index is -0.778. The van der Waals surface area contributed by atoms with Crippen LogP contribution in [0.3, 0.4) is 0 Å². The molecule has 2 aromatic carbocycles. The largest absolute Gasteiger partial charge is 0.450 e. The lowest BCUT2D eigenvalue weighted by Crippen LogP contribution is -2.37. The molecule has 0 unspecified atom stereocenters. The summed E-state index contributed by atoms with van der Waals surface area (Å²) in [5.74, 6) is -0.960. The van der Waals surface area contributed by atoms with Crippen molar-refractivity contribution >= 4 is 28.7 Å². The maximum Gasteiger partial charge on any atom is 0.302 e. The molecule has 154 valence electrons. The predicted molar refractivity (Wildman–Crippen MR) is 113 cm³/mol. The minimum absolute atomic E-state index is 0.00463. The van der Waals surface area contributed by atoms with E-state index >= 15 is 0 Å². The summed E-state index contributed by atoms with van der Waals surface area (Å²) in [6.07, 6.45) is 1.11. The first-order valence-electron chi connectivity index (χ1n) is 9.78. The molecule has 1 aromatic heterocycles. The van der Waals surface area contributed by atoms with Gasteiger partial charge in [0, 0.05) is 30.1 Å². The Balaban J connectivity index is 1.37. The Hall–Kier alpha value is -3.45. The van der Waals surface area contributed by atoms with E-state index < -0.39 is 12.0 Å². The number of aromatic amines is 1. The molecule has 0 saturated heterocycles. The van der Waals surface area contributed by atoms with Crippen LogP contribution >= 0.6 is 0 Å². The first-order valence-corrected chi connectivity index (χ1v) is 9.78. The molecule has 0 spiro atoms. The highest BCUT2D eigenvalue weighted by Gasteiger charge is 2.38. The van der Waals surface area contributed by atoms with Crippen LogP contribution in [0.1, 0.15) is 24.0 Å². The molecular formula is C23H23N3O4. The van der Waals surface area contributed by atoms with Crippen molar-refractivity contribution in [3.05, 3.63) is 71.9 Å². The molecule has 30 heavy (non-hydrogen) atoms. The number of benzene rings is 2. The third-order valence-corrected chi connectivity index (χ3v) is 5.25.